The van der Waals surface area contributed by atoms with Gasteiger partial charge in [0.25, 0.3) is 0 Å². The Morgan fingerprint density at radius 1 is 0.909 bits per heavy atom. The van der Waals surface area contributed by atoms with E-state index in [2.05, 4.69) is 16.0 Å². The summed E-state index contributed by atoms with van der Waals surface area (Å²) in [6, 6.07) is 14.1. The number of benzene rings is 2. The van der Waals surface area contributed by atoms with E-state index in [0.717, 1.165) is 42.5 Å². The number of nitrogens with one attached hydrogen (secondary N) is 3. The maximum Gasteiger partial charge on any atom is 0.227 e. The molecule has 0 spiro atoms. The van der Waals surface area contributed by atoms with Crippen molar-refractivity contribution >= 4 is 17.5 Å². The van der Waals surface area contributed by atoms with Gasteiger partial charge in [-0.1, -0.05) is 49.1 Å². The van der Waals surface area contributed by atoms with Crippen LogP contribution in [0.2, 0.25) is 0 Å². The third-order valence-corrected chi connectivity index (χ3v) is 6.62. The minimum absolute atomic E-state index is 0.00825. The summed E-state index contributed by atoms with van der Waals surface area (Å²) in [5.41, 5.74) is 2.95. The number of amides is 2. The molecule has 0 bridgehead atoms. The maximum atomic E-state index is 13.0. The summed E-state index contributed by atoms with van der Waals surface area (Å²) in [6.45, 7) is 5.30. The predicted octanol–water partition coefficient (Wildman–Crippen LogP) is 4.78. The minimum Gasteiger partial charge on any atom is -0.383 e. The van der Waals surface area contributed by atoms with Crippen LogP contribution in [0.5, 0.6) is 0 Å². The standard InChI is InChI=1S/C27H36FN3O2/c1-19-8-10-21(11-9-19)20(2)26(32)31-18-25(22-6-4-3-5-7-22)27(33)30-17-16-29-24-14-12-23(28)13-15-24/h8-15,20,22,25,29H,3-7,16-18H2,1-2H3,(H,30,33)(H,31,32). The summed E-state index contributed by atoms with van der Waals surface area (Å²) in [6.07, 6.45) is 5.52. The Kier molecular flexibility index (Phi) is 9.28. The van der Waals surface area contributed by atoms with Crippen molar-refractivity contribution < 1.29 is 14.0 Å². The summed E-state index contributed by atoms with van der Waals surface area (Å²) in [7, 11) is 0. The van der Waals surface area contributed by atoms with Gasteiger partial charge in [0.05, 0.1) is 11.8 Å². The molecule has 2 aromatic rings. The lowest BCUT2D eigenvalue weighted by atomic mass is 9.79. The van der Waals surface area contributed by atoms with E-state index in [1.54, 1.807) is 12.1 Å². The summed E-state index contributed by atoms with van der Waals surface area (Å²) >= 11 is 0. The largest absolute Gasteiger partial charge is 0.383 e. The Morgan fingerprint density at radius 2 is 1.58 bits per heavy atom. The molecular formula is C27H36FN3O2. The van der Waals surface area contributed by atoms with Gasteiger partial charge in [0.15, 0.2) is 0 Å². The smallest absolute Gasteiger partial charge is 0.227 e. The van der Waals surface area contributed by atoms with Crippen LogP contribution in [0.1, 0.15) is 56.1 Å². The normalized spacial score (nSPS) is 16.0. The highest BCUT2D eigenvalue weighted by atomic mass is 19.1. The monoisotopic (exact) mass is 453 g/mol. The van der Waals surface area contributed by atoms with Crippen LogP contribution in [0.25, 0.3) is 0 Å². The summed E-state index contributed by atoms with van der Waals surface area (Å²) in [4.78, 5) is 25.8. The topological polar surface area (TPSA) is 70.2 Å². The molecule has 3 rings (SSSR count). The lowest BCUT2D eigenvalue weighted by Gasteiger charge is -2.30. The molecule has 5 nitrogen and oxygen atoms in total. The zero-order valence-corrected chi connectivity index (χ0v) is 19.7. The molecule has 0 heterocycles. The number of carbonyl (C=O) groups excluding carboxylic acids is 2. The van der Waals surface area contributed by atoms with Gasteiger partial charge in [-0.05, 0) is 62.4 Å². The second kappa shape index (κ2) is 12.4. The Labute approximate surface area is 196 Å². The molecule has 178 valence electrons. The van der Waals surface area contributed by atoms with E-state index in [-0.39, 0.29) is 29.5 Å². The zero-order valence-electron chi connectivity index (χ0n) is 19.7. The second-order valence-corrected chi connectivity index (χ2v) is 9.11. The van der Waals surface area contributed by atoms with Crippen molar-refractivity contribution in [2.75, 3.05) is 25.0 Å². The van der Waals surface area contributed by atoms with E-state index in [9.17, 15) is 14.0 Å². The van der Waals surface area contributed by atoms with Crippen molar-refractivity contribution in [3.05, 3.63) is 65.5 Å². The van der Waals surface area contributed by atoms with Crippen molar-refractivity contribution in [1.82, 2.24) is 10.6 Å². The highest BCUT2D eigenvalue weighted by Gasteiger charge is 2.30. The molecule has 1 aliphatic carbocycles. The van der Waals surface area contributed by atoms with Gasteiger partial charge in [0, 0.05) is 25.3 Å². The lowest BCUT2D eigenvalue weighted by molar-refractivity contribution is -0.127. The molecule has 2 atom stereocenters. The third kappa shape index (κ3) is 7.58. The van der Waals surface area contributed by atoms with Crippen molar-refractivity contribution in [3.8, 4) is 0 Å². The number of rotatable bonds is 10. The number of anilines is 1. The average Bonchev–Trinajstić information content (AvgIpc) is 2.83. The first-order valence-corrected chi connectivity index (χ1v) is 12.1. The lowest BCUT2D eigenvalue weighted by Crippen LogP contribution is -2.44. The molecule has 0 aromatic heterocycles. The van der Waals surface area contributed by atoms with Crippen molar-refractivity contribution in [3.63, 3.8) is 0 Å². The van der Waals surface area contributed by atoms with Crippen LogP contribution in [-0.4, -0.2) is 31.4 Å². The van der Waals surface area contributed by atoms with E-state index in [1.165, 1.54) is 18.6 Å². The fourth-order valence-corrected chi connectivity index (χ4v) is 4.47. The molecule has 2 amide bonds. The van der Waals surface area contributed by atoms with Crippen LogP contribution in [0, 0.1) is 24.6 Å². The van der Waals surface area contributed by atoms with Crippen LogP contribution >= 0.6 is 0 Å². The molecule has 33 heavy (non-hydrogen) atoms. The van der Waals surface area contributed by atoms with Crippen molar-refractivity contribution in [2.24, 2.45) is 11.8 Å². The Hall–Kier alpha value is -2.89. The SMILES string of the molecule is Cc1ccc(C(C)C(=O)NCC(C(=O)NCCNc2ccc(F)cc2)C2CCCCC2)cc1. The van der Waals surface area contributed by atoms with E-state index < -0.39 is 0 Å². The zero-order chi connectivity index (χ0) is 23.6. The highest BCUT2D eigenvalue weighted by Crippen LogP contribution is 2.30. The minimum atomic E-state index is -0.275. The first-order chi connectivity index (χ1) is 15.9. The molecule has 1 saturated carbocycles. The Morgan fingerprint density at radius 3 is 2.24 bits per heavy atom. The van der Waals surface area contributed by atoms with E-state index in [0.29, 0.717) is 25.6 Å². The number of aryl methyl sites for hydroxylation is 1. The van der Waals surface area contributed by atoms with Gasteiger partial charge < -0.3 is 16.0 Å². The molecule has 0 saturated heterocycles. The molecule has 3 N–H and O–H groups in total. The number of hydrogen-bond donors (Lipinski definition) is 3. The molecule has 1 fully saturated rings. The van der Waals surface area contributed by atoms with Gasteiger partial charge in [-0.2, -0.15) is 0 Å². The number of halogens is 1. The number of carbonyl (C=O) groups is 2. The quantitative estimate of drug-likeness (QED) is 0.454. The van der Waals surface area contributed by atoms with Crippen LogP contribution < -0.4 is 16.0 Å². The molecule has 2 aromatic carbocycles. The Bertz CT molecular complexity index is 893. The first-order valence-electron chi connectivity index (χ1n) is 12.1. The van der Waals surface area contributed by atoms with Crippen LogP contribution in [0.3, 0.4) is 0 Å². The summed E-state index contributed by atoms with van der Waals surface area (Å²) in [5, 5.41) is 9.25. The van der Waals surface area contributed by atoms with Gasteiger partial charge in [0.1, 0.15) is 5.82 Å². The van der Waals surface area contributed by atoms with E-state index in [4.69, 9.17) is 0 Å². The van der Waals surface area contributed by atoms with E-state index >= 15 is 0 Å². The molecule has 2 unspecified atom stereocenters. The van der Waals surface area contributed by atoms with Crippen molar-refractivity contribution in [2.45, 2.75) is 51.9 Å². The van der Waals surface area contributed by atoms with Gasteiger partial charge in [-0.3, -0.25) is 9.59 Å². The summed E-state index contributed by atoms with van der Waals surface area (Å²) < 4.78 is 13.0. The van der Waals surface area contributed by atoms with Gasteiger partial charge in [-0.25, -0.2) is 4.39 Å². The van der Waals surface area contributed by atoms with Crippen LogP contribution in [0.15, 0.2) is 48.5 Å². The van der Waals surface area contributed by atoms with Gasteiger partial charge in [0.2, 0.25) is 11.8 Å². The van der Waals surface area contributed by atoms with Crippen LogP contribution in [0.4, 0.5) is 10.1 Å². The molecule has 1 aliphatic rings. The fraction of sp³-hybridized carbons (Fsp3) is 0.481. The first kappa shape index (κ1) is 24.7. The fourth-order valence-electron chi connectivity index (χ4n) is 4.47. The average molecular weight is 454 g/mol. The second-order valence-electron chi connectivity index (χ2n) is 9.11. The molecule has 0 aliphatic heterocycles. The molecule has 0 radical (unpaired) electrons. The summed E-state index contributed by atoms with van der Waals surface area (Å²) in [5.74, 6) is -0.538. The predicted molar refractivity (Wildman–Crippen MR) is 131 cm³/mol. The van der Waals surface area contributed by atoms with Gasteiger partial charge >= 0.3 is 0 Å². The van der Waals surface area contributed by atoms with Gasteiger partial charge in [-0.15, -0.1) is 0 Å². The molecular weight excluding hydrogens is 417 g/mol. The highest BCUT2D eigenvalue weighted by molar-refractivity contribution is 5.84. The van der Waals surface area contributed by atoms with Crippen molar-refractivity contribution in [1.29, 1.82) is 0 Å². The molecule has 6 heteroatoms. The third-order valence-electron chi connectivity index (χ3n) is 6.62. The number of hydrogen-bond acceptors (Lipinski definition) is 3. The maximum absolute atomic E-state index is 13.0. The van der Waals surface area contributed by atoms with Crippen LogP contribution in [-0.2, 0) is 9.59 Å². The Balaban J connectivity index is 1.52. The van der Waals surface area contributed by atoms with E-state index in [1.807, 2.05) is 38.1 Å².